The third kappa shape index (κ3) is 2.23. The second-order valence-electron chi connectivity index (χ2n) is 4.72. The van der Waals surface area contributed by atoms with E-state index < -0.39 is 0 Å². The molecule has 0 aliphatic carbocycles. The molecule has 86 valence electrons. The zero-order chi connectivity index (χ0) is 11.5. The Morgan fingerprint density at radius 3 is 3.12 bits per heavy atom. The third-order valence-corrected chi connectivity index (χ3v) is 2.84. The van der Waals surface area contributed by atoms with E-state index in [1.165, 1.54) is 0 Å². The van der Waals surface area contributed by atoms with E-state index in [1.807, 2.05) is 17.0 Å². The van der Waals surface area contributed by atoms with Crippen LogP contribution in [0.15, 0.2) is 18.3 Å². The lowest BCUT2D eigenvalue weighted by Gasteiger charge is -2.29. The minimum atomic E-state index is 0.226. The molecule has 16 heavy (non-hydrogen) atoms. The van der Waals surface area contributed by atoms with Gasteiger partial charge in [0.15, 0.2) is 0 Å². The molecule has 1 aromatic rings. The Morgan fingerprint density at radius 1 is 1.56 bits per heavy atom. The minimum Gasteiger partial charge on any atom is -0.311 e. The van der Waals surface area contributed by atoms with Crippen molar-refractivity contribution < 1.29 is 4.79 Å². The summed E-state index contributed by atoms with van der Waals surface area (Å²) in [4.78, 5) is 18.3. The van der Waals surface area contributed by atoms with Crippen LogP contribution in [0.25, 0.3) is 0 Å². The molecule has 3 heteroatoms. The number of carbonyl (C=O) groups excluding carboxylic acids is 1. The van der Waals surface area contributed by atoms with Gasteiger partial charge in [-0.15, -0.1) is 0 Å². The van der Waals surface area contributed by atoms with Crippen molar-refractivity contribution in [3.05, 3.63) is 24.0 Å². The fraction of sp³-hybridized carbons (Fsp3) is 0.538. The van der Waals surface area contributed by atoms with Crippen molar-refractivity contribution >= 4 is 11.6 Å². The molecular weight excluding hydrogens is 200 g/mol. The molecule has 2 heterocycles. The molecule has 1 amide bonds. The first-order valence-electron chi connectivity index (χ1n) is 5.92. The van der Waals surface area contributed by atoms with E-state index in [1.54, 1.807) is 6.20 Å². The molecule has 0 saturated heterocycles. The summed E-state index contributed by atoms with van der Waals surface area (Å²) in [6.45, 7) is 4.99. The first kappa shape index (κ1) is 11.1. The Bertz CT molecular complexity index is 387. The predicted octanol–water partition coefficient (Wildman–Crippen LogP) is 2.41. The topological polar surface area (TPSA) is 33.2 Å². The van der Waals surface area contributed by atoms with Gasteiger partial charge in [-0.3, -0.25) is 9.78 Å². The summed E-state index contributed by atoms with van der Waals surface area (Å²) in [6, 6.07) is 3.90. The number of anilines is 1. The van der Waals surface area contributed by atoms with E-state index in [2.05, 4.69) is 18.8 Å². The number of rotatable bonds is 2. The average Bonchev–Trinajstić information content (AvgIpc) is 2.27. The smallest absolute Gasteiger partial charge is 0.227 e. The molecule has 0 fully saturated rings. The maximum absolute atomic E-state index is 12.1. The molecule has 1 aromatic heterocycles. The molecule has 0 N–H and O–H groups in total. The van der Waals surface area contributed by atoms with Gasteiger partial charge in [-0.2, -0.15) is 0 Å². The van der Waals surface area contributed by atoms with Gasteiger partial charge in [0.1, 0.15) is 0 Å². The predicted molar refractivity (Wildman–Crippen MR) is 64.4 cm³/mol. The highest BCUT2D eigenvalue weighted by atomic mass is 16.2. The molecule has 0 spiro atoms. The van der Waals surface area contributed by atoms with Crippen molar-refractivity contribution in [1.29, 1.82) is 0 Å². The molecule has 1 aliphatic rings. The zero-order valence-corrected chi connectivity index (χ0v) is 9.94. The maximum atomic E-state index is 12.1. The number of hydrogen-bond acceptors (Lipinski definition) is 2. The summed E-state index contributed by atoms with van der Waals surface area (Å²) in [5.74, 6) is 0.637. The number of hydrogen-bond donors (Lipinski definition) is 0. The fourth-order valence-corrected chi connectivity index (χ4v) is 2.11. The van der Waals surface area contributed by atoms with E-state index in [0.717, 1.165) is 30.8 Å². The molecule has 0 saturated carbocycles. The quantitative estimate of drug-likeness (QED) is 0.763. The highest BCUT2D eigenvalue weighted by molar-refractivity contribution is 5.94. The summed E-state index contributed by atoms with van der Waals surface area (Å²) >= 11 is 0. The summed E-state index contributed by atoms with van der Waals surface area (Å²) < 4.78 is 0. The Balaban J connectivity index is 2.21. The molecule has 2 rings (SSSR count). The second kappa shape index (κ2) is 4.64. The van der Waals surface area contributed by atoms with Crippen molar-refractivity contribution in [3.63, 3.8) is 0 Å². The van der Waals surface area contributed by atoms with E-state index in [9.17, 15) is 4.79 Å². The van der Waals surface area contributed by atoms with Crippen molar-refractivity contribution in [2.75, 3.05) is 11.4 Å². The molecule has 3 nitrogen and oxygen atoms in total. The summed E-state index contributed by atoms with van der Waals surface area (Å²) in [7, 11) is 0. The van der Waals surface area contributed by atoms with Crippen LogP contribution >= 0.6 is 0 Å². The minimum absolute atomic E-state index is 0.226. The standard InChI is InChI=1S/C13H18N2O/c1-10(2)9-13(16)15-8-4-5-11-12(15)6-3-7-14-11/h3,6-7,10H,4-5,8-9H2,1-2H3. The third-order valence-electron chi connectivity index (χ3n) is 2.84. The van der Waals surface area contributed by atoms with Crippen LogP contribution < -0.4 is 4.90 Å². The zero-order valence-electron chi connectivity index (χ0n) is 9.94. The number of nitrogens with zero attached hydrogens (tertiary/aromatic N) is 2. The first-order valence-corrected chi connectivity index (χ1v) is 5.92. The number of fused-ring (bicyclic) bond motifs is 1. The fourth-order valence-electron chi connectivity index (χ4n) is 2.11. The van der Waals surface area contributed by atoms with Gasteiger partial charge >= 0.3 is 0 Å². The number of aromatic nitrogens is 1. The van der Waals surface area contributed by atoms with Crippen LogP contribution in [-0.4, -0.2) is 17.4 Å². The largest absolute Gasteiger partial charge is 0.311 e. The lowest BCUT2D eigenvalue weighted by atomic mass is 10.0. The summed E-state index contributed by atoms with van der Waals surface area (Å²) in [5, 5.41) is 0. The second-order valence-corrected chi connectivity index (χ2v) is 4.72. The number of carbonyl (C=O) groups is 1. The maximum Gasteiger partial charge on any atom is 0.227 e. The van der Waals surface area contributed by atoms with Crippen LogP contribution in [0.2, 0.25) is 0 Å². The van der Waals surface area contributed by atoms with E-state index >= 15 is 0 Å². The van der Waals surface area contributed by atoms with Gasteiger partial charge in [-0.05, 0) is 30.9 Å². The summed E-state index contributed by atoms with van der Waals surface area (Å²) in [5.41, 5.74) is 2.07. The van der Waals surface area contributed by atoms with Crippen LogP contribution in [-0.2, 0) is 11.2 Å². The van der Waals surface area contributed by atoms with Gasteiger partial charge in [0.25, 0.3) is 0 Å². The van der Waals surface area contributed by atoms with Gasteiger partial charge in [0.05, 0.1) is 11.4 Å². The lowest BCUT2D eigenvalue weighted by Crippen LogP contribution is -2.36. The lowest BCUT2D eigenvalue weighted by molar-refractivity contribution is -0.119. The van der Waals surface area contributed by atoms with Gasteiger partial charge in [-0.25, -0.2) is 0 Å². The molecular formula is C13H18N2O. The van der Waals surface area contributed by atoms with Crippen LogP contribution in [0.4, 0.5) is 5.69 Å². The van der Waals surface area contributed by atoms with Gasteiger partial charge in [0, 0.05) is 19.2 Å². The van der Waals surface area contributed by atoms with Crippen molar-refractivity contribution in [1.82, 2.24) is 4.98 Å². The van der Waals surface area contributed by atoms with Gasteiger partial charge in [0.2, 0.25) is 5.91 Å². The molecule has 0 atom stereocenters. The highest BCUT2D eigenvalue weighted by Crippen LogP contribution is 2.25. The SMILES string of the molecule is CC(C)CC(=O)N1CCCc2ncccc21. The Kier molecular flexibility index (Phi) is 3.22. The van der Waals surface area contributed by atoms with Crippen molar-refractivity contribution in [3.8, 4) is 0 Å². The van der Waals surface area contributed by atoms with Crippen molar-refractivity contribution in [2.45, 2.75) is 33.1 Å². The highest BCUT2D eigenvalue weighted by Gasteiger charge is 2.23. The Labute approximate surface area is 96.5 Å². The van der Waals surface area contributed by atoms with Crippen LogP contribution in [0, 0.1) is 5.92 Å². The molecule has 0 unspecified atom stereocenters. The number of amides is 1. The van der Waals surface area contributed by atoms with Gasteiger partial charge < -0.3 is 4.90 Å². The first-order chi connectivity index (χ1) is 7.68. The van der Waals surface area contributed by atoms with Crippen LogP contribution in [0.3, 0.4) is 0 Å². The van der Waals surface area contributed by atoms with E-state index in [-0.39, 0.29) is 5.91 Å². The number of pyridine rings is 1. The number of aryl methyl sites for hydroxylation is 1. The van der Waals surface area contributed by atoms with Crippen LogP contribution in [0.5, 0.6) is 0 Å². The average molecular weight is 218 g/mol. The Morgan fingerprint density at radius 2 is 2.38 bits per heavy atom. The monoisotopic (exact) mass is 218 g/mol. The molecule has 0 aromatic carbocycles. The van der Waals surface area contributed by atoms with Crippen molar-refractivity contribution in [2.24, 2.45) is 5.92 Å². The van der Waals surface area contributed by atoms with Gasteiger partial charge in [-0.1, -0.05) is 13.8 Å². The molecule has 0 radical (unpaired) electrons. The summed E-state index contributed by atoms with van der Waals surface area (Å²) in [6.07, 6.45) is 4.43. The Hall–Kier alpha value is -1.38. The molecule has 0 bridgehead atoms. The van der Waals surface area contributed by atoms with Crippen LogP contribution in [0.1, 0.15) is 32.4 Å². The van der Waals surface area contributed by atoms with E-state index in [4.69, 9.17) is 0 Å². The normalized spacial score (nSPS) is 15.1. The molecule has 1 aliphatic heterocycles. The van der Waals surface area contributed by atoms with E-state index in [0.29, 0.717) is 12.3 Å².